The fourth-order valence-corrected chi connectivity index (χ4v) is 4.84. The molecule has 0 rings (SSSR count). The summed E-state index contributed by atoms with van der Waals surface area (Å²) in [4.78, 5) is 81.8. The first kappa shape index (κ1) is 52.1. The summed E-state index contributed by atoms with van der Waals surface area (Å²) < 4.78 is 21.3. The molecule has 19 heteroatoms. The van der Waals surface area contributed by atoms with E-state index >= 15 is 0 Å². The summed E-state index contributed by atoms with van der Waals surface area (Å²) in [6, 6.07) is -0.618. The molecule has 0 aliphatic heterocycles. The first-order chi connectivity index (χ1) is 26.8. The maximum atomic E-state index is 12.1. The van der Waals surface area contributed by atoms with Gasteiger partial charge in [-0.3, -0.25) is 33.6 Å². The smallest absolute Gasteiger partial charge is 0.246 e. The van der Waals surface area contributed by atoms with Gasteiger partial charge in [-0.15, -0.1) is 0 Å². The van der Waals surface area contributed by atoms with Crippen LogP contribution in [0.3, 0.4) is 0 Å². The van der Waals surface area contributed by atoms with Crippen LogP contribution in [0.15, 0.2) is 0 Å². The van der Waals surface area contributed by atoms with Crippen molar-refractivity contribution < 1.29 is 52.5 Å². The largest absolute Gasteiger partial charge is 0.377 e. The number of nitrogens with two attached hydrogens (primary N) is 3. The van der Waals surface area contributed by atoms with E-state index in [0.29, 0.717) is 71.2 Å². The molecule has 0 radical (unpaired) electrons. The highest BCUT2D eigenvalue weighted by Gasteiger charge is 2.13. The predicted octanol–water partition coefficient (Wildman–Crippen LogP) is -1.11. The van der Waals surface area contributed by atoms with Crippen LogP contribution in [0.2, 0.25) is 0 Å². The van der Waals surface area contributed by atoms with Crippen LogP contribution in [0.4, 0.5) is 0 Å². The predicted molar refractivity (Wildman–Crippen MR) is 208 cm³/mol. The van der Waals surface area contributed by atoms with Crippen molar-refractivity contribution in [2.45, 2.75) is 96.9 Å². The molecule has 0 saturated carbocycles. The van der Waals surface area contributed by atoms with Crippen LogP contribution in [0, 0.1) is 11.8 Å². The van der Waals surface area contributed by atoms with Gasteiger partial charge in [0.1, 0.15) is 13.2 Å². The van der Waals surface area contributed by atoms with E-state index in [1.807, 2.05) is 0 Å². The lowest BCUT2D eigenvalue weighted by molar-refractivity contribution is -0.127. The van der Waals surface area contributed by atoms with Crippen LogP contribution in [0.1, 0.15) is 90.9 Å². The second-order valence-electron chi connectivity index (χ2n) is 13.6. The summed E-state index contributed by atoms with van der Waals surface area (Å²) in [5.41, 5.74) is 16.4. The van der Waals surface area contributed by atoms with E-state index < -0.39 is 6.04 Å². The van der Waals surface area contributed by atoms with E-state index in [0.717, 1.165) is 25.7 Å². The molecule has 0 aliphatic carbocycles. The number of hydrogen-bond donors (Lipinski definition) is 8. The number of ether oxygens (including phenoxy) is 4. The standard InChI is InChI=1S/C37H70N8O11/c1-28(35(39)50)10-3-6-16-42-33(48)26-55-24-23-54-21-19-44-34(49)27-56-25-22-53-20-18-43-32(47)14-9-13-31(46)41-15-8-5-12-30(38)37(52)45-17-7-4-11-29(2)36(40)51/h28-30H,3-27,38H2,1-2H3,(H2,39,50)(H2,40,51)(H,41,46)(H,42,48)(H,43,47)(H,44,49)(H,45,52)/t28?,29-,30-/m0/s1. The fourth-order valence-electron chi connectivity index (χ4n) is 4.84. The number of hydrogen-bond acceptors (Lipinski definition) is 12. The molecule has 3 atom stereocenters. The van der Waals surface area contributed by atoms with Crippen LogP contribution in [-0.2, 0) is 52.5 Å². The molecule has 11 N–H and O–H groups in total. The quantitative estimate of drug-likeness (QED) is 0.0345. The number of rotatable bonds is 38. The summed E-state index contributed by atoms with van der Waals surface area (Å²) in [5, 5.41) is 13.8. The highest BCUT2D eigenvalue weighted by molar-refractivity contribution is 5.81. The number of carbonyl (C=O) groups excluding carboxylic acids is 7. The average molecular weight is 803 g/mol. The number of amides is 7. The first-order valence-corrected chi connectivity index (χ1v) is 19.8. The summed E-state index contributed by atoms with van der Waals surface area (Å²) in [7, 11) is 0. The zero-order valence-electron chi connectivity index (χ0n) is 33.6. The van der Waals surface area contributed by atoms with Crippen molar-refractivity contribution in [2.75, 3.05) is 85.6 Å². The molecule has 1 unspecified atom stereocenters. The van der Waals surface area contributed by atoms with Crippen LogP contribution in [0.25, 0.3) is 0 Å². The highest BCUT2D eigenvalue weighted by atomic mass is 16.5. The fraction of sp³-hybridized carbons (Fsp3) is 0.811. The summed E-state index contributed by atoms with van der Waals surface area (Å²) in [6.07, 6.45) is 7.17. The first-order valence-electron chi connectivity index (χ1n) is 19.8. The van der Waals surface area contributed by atoms with Crippen molar-refractivity contribution in [3.63, 3.8) is 0 Å². The van der Waals surface area contributed by atoms with Crippen LogP contribution in [0.5, 0.6) is 0 Å². The van der Waals surface area contributed by atoms with Crippen molar-refractivity contribution in [2.24, 2.45) is 29.0 Å². The highest BCUT2D eigenvalue weighted by Crippen LogP contribution is 2.07. The van der Waals surface area contributed by atoms with Gasteiger partial charge in [-0.05, 0) is 51.4 Å². The van der Waals surface area contributed by atoms with Gasteiger partial charge < -0.3 is 62.7 Å². The normalized spacial score (nSPS) is 12.6. The second-order valence-corrected chi connectivity index (χ2v) is 13.6. The van der Waals surface area contributed by atoms with Crippen molar-refractivity contribution in [3.8, 4) is 0 Å². The van der Waals surface area contributed by atoms with Crippen LogP contribution < -0.4 is 43.8 Å². The molecule has 0 heterocycles. The average Bonchev–Trinajstić information content (AvgIpc) is 3.15. The lowest BCUT2D eigenvalue weighted by Gasteiger charge is -2.13. The number of carbonyl (C=O) groups is 7. The number of primary amides is 2. The monoisotopic (exact) mass is 803 g/mol. The molecule has 56 heavy (non-hydrogen) atoms. The van der Waals surface area contributed by atoms with Crippen LogP contribution in [-0.4, -0.2) is 133 Å². The molecule has 0 aromatic heterocycles. The Kier molecular flexibility index (Phi) is 33.0. The Morgan fingerprint density at radius 3 is 1.29 bits per heavy atom. The van der Waals surface area contributed by atoms with E-state index in [1.54, 1.807) is 13.8 Å². The summed E-state index contributed by atoms with van der Waals surface area (Å²) in [6.45, 7) is 6.93. The molecule has 0 spiro atoms. The zero-order valence-corrected chi connectivity index (χ0v) is 33.6. The topological polar surface area (TPSA) is 295 Å². The van der Waals surface area contributed by atoms with E-state index in [4.69, 9.17) is 36.1 Å². The third-order valence-electron chi connectivity index (χ3n) is 8.48. The molecular formula is C37H70N8O11. The summed E-state index contributed by atoms with van der Waals surface area (Å²) in [5.74, 6) is -2.05. The Hall–Kier alpha value is -3.91. The maximum absolute atomic E-state index is 12.1. The molecule has 0 aromatic carbocycles. The molecule has 0 aromatic rings. The third kappa shape index (κ3) is 33.4. The van der Waals surface area contributed by atoms with Crippen molar-refractivity contribution in [3.05, 3.63) is 0 Å². The lowest BCUT2D eigenvalue weighted by atomic mass is 10.0. The third-order valence-corrected chi connectivity index (χ3v) is 8.48. The second kappa shape index (κ2) is 35.5. The van der Waals surface area contributed by atoms with E-state index in [2.05, 4.69) is 26.6 Å². The Morgan fingerprint density at radius 2 is 0.821 bits per heavy atom. The van der Waals surface area contributed by atoms with Gasteiger partial charge in [0.2, 0.25) is 41.4 Å². The van der Waals surface area contributed by atoms with Gasteiger partial charge in [-0.2, -0.15) is 0 Å². The molecule has 19 nitrogen and oxygen atoms in total. The molecule has 0 aliphatic rings. The Balaban J connectivity index is 3.54. The molecule has 0 saturated heterocycles. The van der Waals surface area contributed by atoms with Crippen molar-refractivity contribution >= 4 is 41.4 Å². The van der Waals surface area contributed by atoms with Gasteiger partial charge in [0, 0.05) is 57.4 Å². The van der Waals surface area contributed by atoms with Gasteiger partial charge in [0.25, 0.3) is 0 Å². The number of nitrogens with one attached hydrogen (secondary N) is 5. The maximum Gasteiger partial charge on any atom is 0.246 e. The SMILES string of the molecule is CC(CCCCNC(=O)COCCOCCNC(=O)COCCOCCNC(=O)CCCC(=O)NCCCC[C@H](N)C(=O)NCCCC[C@H](C)C(N)=O)C(N)=O. The van der Waals surface area contributed by atoms with Gasteiger partial charge >= 0.3 is 0 Å². The molecular weight excluding hydrogens is 732 g/mol. The Morgan fingerprint density at radius 1 is 0.446 bits per heavy atom. The van der Waals surface area contributed by atoms with Crippen LogP contribution >= 0.6 is 0 Å². The Bertz CT molecular complexity index is 1130. The van der Waals surface area contributed by atoms with Gasteiger partial charge in [-0.1, -0.05) is 26.7 Å². The number of unbranched alkanes of at least 4 members (excludes halogenated alkanes) is 3. The van der Waals surface area contributed by atoms with Gasteiger partial charge in [-0.25, -0.2) is 0 Å². The minimum Gasteiger partial charge on any atom is -0.377 e. The van der Waals surface area contributed by atoms with Gasteiger partial charge in [0.05, 0.1) is 45.7 Å². The minimum absolute atomic E-state index is 0.0772. The molecule has 0 bridgehead atoms. The summed E-state index contributed by atoms with van der Waals surface area (Å²) >= 11 is 0. The molecule has 324 valence electrons. The van der Waals surface area contributed by atoms with E-state index in [-0.39, 0.29) is 119 Å². The van der Waals surface area contributed by atoms with Crippen molar-refractivity contribution in [1.82, 2.24) is 26.6 Å². The lowest BCUT2D eigenvalue weighted by Crippen LogP contribution is -2.41. The zero-order chi connectivity index (χ0) is 41.8. The van der Waals surface area contributed by atoms with Gasteiger partial charge in [0.15, 0.2) is 0 Å². The van der Waals surface area contributed by atoms with E-state index in [9.17, 15) is 33.6 Å². The molecule has 0 fully saturated rings. The van der Waals surface area contributed by atoms with E-state index in [1.165, 1.54) is 0 Å². The minimum atomic E-state index is -0.618. The molecule has 7 amide bonds. The Labute approximate surface area is 331 Å². The van der Waals surface area contributed by atoms with Crippen molar-refractivity contribution in [1.29, 1.82) is 0 Å².